The summed E-state index contributed by atoms with van der Waals surface area (Å²) in [6, 6.07) is 5.73. The van der Waals surface area contributed by atoms with Crippen LogP contribution in [0, 0.1) is 0 Å². The number of carbonyl (C=O) groups is 1. The van der Waals surface area contributed by atoms with Crippen LogP contribution in [0.25, 0.3) is 0 Å². The van der Waals surface area contributed by atoms with Crippen molar-refractivity contribution in [1.82, 2.24) is 0 Å². The molecule has 1 saturated heterocycles. The molecule has 1 heterocycles. The lowest BCUT2D eigenvalue weighted by Crippen LogP contribution is -2.24. The van der Waals surface area contributed by atoms with Crippen molar-refractivity contribution < 1.29 is 9.53 Å². The quantitative estimate of drug-likeness (QED) is 0.864. The lowest BCUT2D eigenvalue weighted by atomic mass is 10.2. The van der Waals surface area contributed by atoms with E-state index in [1.165, 1.54) is 12.8 Å². The fourth-order valence-electron chi connectivity index (χ4n) is 2.21. The van der Waals surface area contributed by atoms with E-state index in [4.69, 9.17) is 16.3 Å². The Bertz CT molecular complexity index is 457. The number of halogens is 1. The number of benzene rings is 1. The van der Waals surface area contributed by atoms with Gasteiger partial charge in [0.2, 0.25) is 5.91 Å². The zero-order valence-corrected chi connectivity index (χ0v) is 12.0. The van der Waals surface area contributed by atoms with Crippen molar-refractivity contribution in [3.63, 3.8) is 0 Å². The standard InChI is InChI=1S/C14H19ClN2O2/c1-10(15)14(18)16-12-9-11(19-2)5-6-13(12)17-7-3-4-8-17/h5-6,9-10H,3-4,7-8H2,1-2H3,(H,16,18). The van der Waals surface area contributed by atoms with Crippen LogP contribution >= 0.6 is 11.6 Å². The van der Waals surface area contributed by atoms with Crippen LogP contribution in [0.15, 0.2) is 18.2 Å². The third-order valence-corrected chi connectivity index (χ3v) is 3.47. The molecule has 1 aliphatic rings. The molecule has 2 rings (SSSR count). The number of rotatable bonds is 4. The number of hydrogen-bond acceptors (Lipinski definition) is 3. The lowest BCUT2D eigenvalue weighted by Gasteiger charge is -2.22. The van der Waals surface area contributed by atoms with Crippen LogP contribution in [0.1, 0.15) is 19.8 Å². The van der Waals surface area contributed by atoms with Gasteiger partial charge in [0.05, 0.1) is 18.5 Å². The fraction of sp³-hybridized carbons (Fsp3) is 0.500. The molecule has 0 bridgehead atoms. The minimum Gasteiger partial charge on any atom is -0.497 e. The summed E-state index contributed by atoms with van der Waals surface area (Å²) in [5.74, 6) is 0.524. The second-order valence-corrected chi connectivity index (χ2v) is 5.34. The van der Waals surface area contributed by atoms with E-state index in [-0.39, 0.29) is 5.91 Å². The number of nitrogens with zero attached hydrogens (tertiary/aromatic N) is 1. The summed E-state index contributed by atoms with van der Waals surface area (Å²) >= 11 is 5.81. The first kappa shape index (κ1) is 14.0. The van der Waals surface area contributed by atoms with Crippen molar-refractivity contribution in [2.75, 3.05) is 30.4 Å². The molecule has 0 aromatic heterocycles. The maximum atomic E-state index is 11.8. The molecular formula is C14H19ClN2O2. The first-order valence-electron chi connectivity index (χ1n) is 6.49. The maximum Gasteiger partial charge on any atom is 0.242 e. The highest BCUT2D eigenvalue weighted by Crippen LogP contribution is 2.32. The highest BCUT2D eigenvalue weighted by molar-refractivity contribution is 6.32. The van der Waals surface area contributed by atoms with Crippen molar-refractivity contribution in [2.45, 2.75) is 25.1 Å². The Morgan fingerprint density at radius 3 is 2.68 bits per heavy atom. The van der Waals surface area contributed by atoms with Gasteiger partial charge in [0.25, 0.3) is 0 Å². The summed E-state index contributed by atoms with van der Waals surface area (Å²) < 4.78 is 5.21. The monoisotopic (exact) mass is 282 g/mol. The number of carbonyl (C=O) groups excluding carboxylic acids is 1. The number of nitrogens with one attached hydrogen (secondary N) is 1. The first-order valence-corrected chi connectivity index (χ1v) is 6.93. The second-order valence-electron chi connectivity index (χ2n) is 4.68. The van der Waals surface area contributed by atoms with Crippen LogP contribution in [-0.2, 0) is 4.79 Å². The number of hydrogen-bond donors (Lipinski definition) is 1. The topological polar surface area (TPSA) is 41.6 Å². The molecule has 0 radical (unpaired) electrons. The smallest absolute Gasteiger partial charge is 0.242 e. The third-order valence-electron chi connectivity index (χ3n) is 3.27. The van der Waals surface area contributed by atoms with Crippen molar-refractivity contribution in [3.05, 3.63) is 18.2 Å². The summed E-state index contributed by atoms with van der Waals surface area (Å²) in [5.41, 5.74) is 1.79. The molecule has 1 N–H and O–H groups in total. The Kier molecular flexibility index (Phi) is 4.53. The van der Waals surface area contributed by atoms with Crippen molar-refractivity contribution >= 4 is 28.9 Å². The minimum atomic E-state index is -0.558. The molecule has 0 saturated carbocycles. The van der Waals surface area contributed by atoms with Gasteiger partial charge < -0.3 is 15.0 Å². The van der Waals surface area contributed by atoms with E-state index in [0.717, 1.165) is 30.2 Å². The van der Waals surface area contributed by atoms with E-state index in [1.807, 2.05) is 18.2 Å². The van der Waals surface area contributed by atoms with Gasteiger partial charge in [-0.1, -0.05) is 0 Å². The van der Waals surface area contributed by atoms with E-state index in [9.17, 15) is 4.79 Å². The highest BCUT2D eigenvalue weighted by atomic mass is 35.5. The predicted octanol–water partition coefficient (Wildman–Crippen LogP) is 2.86. The fourth-order valence-corrected chi connectivity index (χ4v) is 2.26. The Hall–Kier alpha value is -1.42. The van der Waals surface area contributed by atoms with Gasteiger partial charge in [0, 0.05) is 19.2 Å². The lowest BCUT2D eigenvalue weighted by molar-refractivity contribution is -0.115. The largest absolute Gasteiger partial charge is 0.497 e. The number of amides is 1. The van der Waals surface area contributed by atoms with Crippen LogP contribution in [0.4, 0.5) is 11.4 Å². The molecule has 19 heavy (non-hydrogen) atoms. The first-order chi connectivity index (χ1) is 9.11. The van der Waals surface area contributed by atoms with E-state index < -0.39 is 5.38 Å². The number of methoxy groups -OCH3 is 1. The van der Waals surface area contributed by atoms with Crippen LogP contribution in [-0.4, -0.2) is 31.5 Å². The van der Waals surface area contributed by atoms with Crippen molar-refractivity contribution in [3.8, 4) is 5.75 Å². The Balaban J connectivity index is 2.28. The van der Waals surface area contributed by atoms with Gasteiger partial charge in [-0.25, -0.2) is 0 Å². The molecule has 0 aliphatic carbocycles. The summed E-state index contributed by atoms with van der Waals surface area (Å²) in [6.45, 7) is 3.70. The van der Waals surface area contributed by atoms with Gasteiger partial charge >= 0.3 is 0 Å². The van der Waals surface area contributed by atoms with Crippen LogP contribution in [0.2, 0.25) is 0 Å². The van der Waals surface area contributed by atoms with Gasteiger partial charge in [0.15, 0.2) is 0 Å². The Morgan fingerprint density at radius 2 is 2.11 bits per heavy atom. The molecule has 1 amide bonds. The Labute approximate surface area is 118 Å². The summed E-state index contributed by atoms with van der Waals surface area (Å²) in [6.07, 6.45) is 2.37. The zero-order valence-electron chi connectivity index (χ0n) is 11.3. The second kappa shape index (κ2) is 6.15. The van der Waals surface area contributed by atoms with Crippen LogP contribution in [0.3, 0.4) is 0 Å². The average molecular weight is 283 g/mol. The van der Waals surface area contributed by atoms with Crippen molar-refractivity contribution in [1.29, 1.82) is 0 Å². The summed E-state index contributed by atoms with van der Waals surface area (Å²) in [7, 11) is 1.61. The average Bonchev–Trinajstić information content (AvgIpc) is 2.92. The van der Waals surface area contributed by atoms with Crippen molar-refractivity contribution in [2.24, 2.45) is 0 Å². The molecule has 1 atom stereocenters. The van der Waals surface area contributed by atoms with Crippen LogP contribution < -0.4 is 15.0 Å². The summed E-state index contributed by atoms with van der Waals surface area (Å²) in [5, 5.41) is 2.31. The van der Waals surface area contributed by atoms with Gasteiger partial charge in [0.1, 0.15) is 11.1 Å². The van der Waals surface area contributed by atoms with E-state index >= 15 is 0 Å². The number of alkyl halides is 1. The minimum absolute atomic E-state index is 0.199. The van der Waals surface area contributed by atoms with E-state index in [2.05, 4.69) is 10.2 Å². The molecule has 5 heteroatoms. The molecule has 1 aromatic carbocycles. The molecule has 0 spiro atoms. The van der Waals surface area contributed by atoms with Gasteiger partial charge in [-0.05, 0) is 31.9 Å². The molecule has 4 nitrogen and oxygen atoms in total. The molecule has 104 valence electrons. The van der Waals surface area contributed by atoms with Gasteiger partial charge in [-0.15, -0.1) is 11.6 Å². The van der Waals surface area contributed by atoms with E-state index in [1.54, 1.807) is 14.0 Å². The van der Waals surface area contributed by atoms with E-state index in [0.29, 0.717) is 0 Å². The zero-order chi connectivity index (χ0) is 13.8. The van der Waals surface area contributed by atoms with Gasteiger partial charge in [-0.3, -0.25) is 4.79 Å². The third kappa shape index (κ3) is 3.32. The normalized spacial score (nSPS) is 16.3. The van der Waals surface area contributed by atoms with Crippen LogP contribution in [0.5, 0.6) is 5.75 Å². The van der Waals surface area contributed by atoms with Gasteiger partial charge in [-0.2, -0.15) is 0 Å². The number of ether oxygens (including phenoxy) is 1. The highest BCUT2D eigenvalue weighted by Gasteiger charge is 2.18. The maximum absolute atomic E-state index is 11.8. The predicted molar refractivity (Wildman–Crippen MR) is 78.4 cm³/mol. The SMILES string of the molecule is COc1ccc(N2CCCC2)c(NC(=O)C(C)Cl)c1. The molecule has 1 unspecified atom stereocenters. The molecule has 1 aliphatic heterocycles. The summed E-state index contributed by atoms with van der Waals surface area (Å²) in [4.78, 5) is 14.0. The molecule has 1 aromatic rings. The Morgan fingerprint density at radius 1 is 1.42 bits per heavy atom. The molecular weight excluding hydrogens is 264 g/mol. The number of anilines is 2. The molecule has 1 fully saturated rings.